The Kier molecular flexibility index (Phi) is 5.34. The maximum Gasteiger partial charge on any atom is 0.410 e. The minimum Gasteiger partial charge on any atom is -0.494 e. The van der Waals surface area contributed by atoms with Crippen molar-refractivity contribution in [3.63, 3.8) is 0 Å². The number of benzene rings is 1. The van der Waals surface area contributed by atoms with Gasteiger partial charge in [-0.3, -0.25) is 0 Å². The average Bonchev–Trinajstić information content (AvgIpc) is 2.95. The number of ether oxygens (including phenoxy) is 2. The van der Waals surface area contributed by atoms with Crippen LogP contribution in [0, 0.1) is 0 Å². The van der Waals surface area contributed by atoms with Crippen LogP contribution in [0.1, 0.15) is 57.7 Å². The first-order valence-electron chi connectivity index (χ1n) is 8.23. The highest BCUT2D eigenvalue weighted by Gasteiger charge is 2.33. The van der Waals surface area contributed by atoms with Gasteiger partial charge in [0.15, 0.2) is 0 Å². The molecule has 2 rings (SSSR count). The predicted octanol–water partition coefficient (Wildman–Crippen LogP) is 4.77. The first-order valence-corrected chi connectivity index (χ1v) is 8.23. The van der Waals surface area contributed by atoms with Crippen molar-refractivity contribution in [1.29, 1.82) is 0 Å². The van der Waals surface area contributed by atoms with Crippen molar-refractivity contribution in [2.45, 2.75) is 52.2 Å². The molecule has 4 nitrogen and oxygen atoms in total. The van der Waals surface area contributed by atoms with E-state index in [9.17, 15) is 4.79 Å². The summed E-state index contributed by atoms with van der Waals surface area (Å²) in [5.74, 6) is 0.675. The van der Waals surface area contributed by atoms with Crippen molar-refractivity contribution in [2.24, 2.45) is 0 Å². The summed E-state index contributed by atoms with van der Waals surface area (Å²) in [6.07, 6.45) is 1.73. The van der Waals surface area contributed by atoms with E-state index in [1.54, 1.807) is 0 Å². The van der Waals surface area contributed by atoms with Crippen molar-refractivity contribution in [2.75, 3.05) is 13.2 Å². The fraction of sp³-hybridized carbons (Fsp3) is 0.526. The normalized spacial score (nSPS) is 17.9. The molecule has 4 heteroatoms. The van der Waals surface area contributed by atoms with Crippen LogP contribution in [0.3, 0.4) is 0 Å². The molecule has 1 aromatic rings. The third-order valence-electron chi connectivity index (χ3n) is 3.82. The molecule has 1 unspecified atom stereocenters. The Balaban J connectivity index is 2.10. The quantitative estimate of drug-likeness (QED) is 0.751. The van der Waals surface area contributed by atoms with Crippen LogP contribution in [0.25, 0.3) is 5.76 Å². The van der Waals surface area contributed by atoms with Gasteiger partial charge in [-0.25, -0.2) is 4.79 Å². The lowest BCUT2D eigenvalue weighted by atomic mass is 10.0. The zero-order valence-corrected chi connectivity index (χ0v) is 14.6. The fourth-order valence-electron chi connectivity index (χ4n) is 2.80. The molecule has 1 atom stereocenters. The van der Waals surface area contributed by atoms with Crippen LogP contribution in [0.5, 0.6) is 0 Å². The number of hydrogen-bond donors (Lipinski definition) is 0. The van der Waals surface area contributed by atoms with Gasteiger partial charge in [0, 0.05) is 12.1 Å². The second kappa shape index (κ2) is 7.07. The lowest BCUT2D eigenvalue weighted by molar-refractivity contribution is 0.0224. The van der Waals surface area contributed by atoms with Crippen molar-refractivity contribution >= 4 is 11.9 Å². The van der Waals surface area contributed by atoms with Crippen molar-refractivity contribution < 1.29 is 14.3 Å². The molecule has 1 amide bonds. The standard InChI is InChI=1S/C19H27NO3/c1-6-22-14(2)15-9-11-16(12-10-15)17-8-7-13-20(17)18(21)23-19(3,4)5/h9-12,17H,2,6-8,13H2,1,3-5H3. The highest BCUT2D eigenvalue weighted by molar-refractivity contribution is 5.69. The van der Waals surface area contributed by atoms with Gasteiger partial charge in [-0.1, -0.05) is 30.8 Å². The van der Waals surface area contributed by atoms with Crippen LogP contribution >= 0.6 is 0 Å². The molecule has 0 aromatic heterocycles. The number of nitrogens with zero attached hydrogens (tertiary/aromatic N) is 1. The Morgan fingerprint density at radius 3 is 2.52 bits per heavy atom. The molecule has 1 saturated heterocycles. The highest BCUT2D eigenvalue weighted by Crippen LogP contribution is 2.33. The molecule has 126 valence electrons. The monoisotopic (exact) mass is 317 g/mol. The molecular formula is C19H27NO3. The summed E-state index contributed by atoms with van der Waals surface area (Å²) < 4.78 is 10.9. The summed E-state index contributed by atoms with van der Waals surface area (Å²) >= 11 is 0. The number of carbonyl (C=O) groups is 1. The lowest BCUT2D eigenvalue weighted by Gasteiger charge is -2.29. The minimum atomic E-state index is -0.469. The summed E-state index contributed by atoms with van der Waals surface area (Å²) in [5, 5.41) is 0. The second-order valence-corrected chi connectivity index (χ2v) is 6.81. The van der Waals surface area contributed by atoms with Gasteiger partial charge in [-0.2, -0.15) is 0 Å². The van der Waals surface area contributed by atoms with Gasteiger partial charge in [0.05, 0.1) is 12.6 Å². The third-order valence-corrected chi connectivity index (χ3v) is 3.82. The molecule has 0 bridgehead atoms. The van der Waals surface area contributed by atoms with Gasteiger partial charge >= 0.3 is 6.09 Å². The molecule has 1 aliphatic heterocycles. The smallest absolute Gasteiger partial charge is 0.410 e. The van der Waals surface area contributed by atoms with Crippen LogP contribution in [0.15, 0.2) is 30.8 Å². The summed E-state index contributed by atoms with van der Waals surface area (Å²) in [4.78, 5) is 14.2. The van der Waals surface area contributed by atoms with E-state index in [4.69, 9.17) is 9.47 Å². The summed E-state index contributed by atoms with van der Waals surface area (Å²) in [5.41, 5.74) is 1.63. The van der Waals surface area contributed by atoms with Gasteiger partial charge in [0.25, 0.3) is 0 Å². The van der Waals surface area contributed by atoms with Crippen molar-refractivity contribution in [3.05, 3.63) is 42.0 Å². The summed E-state index contributed by atoms with van der Waals surface area (Å²) in [6, 6.07) is 8.18. The molecular weight excluding hydrogens is 290 g/mol. The van der Waals surface area contributed by atoms with Gasteiger partial charge in [-0.15, -0.1) is 0 Å². The van der Waals surface area contributed by atoms with Gasteiger partial charge in [-0.05, 0) is 46.1 Å². The minimum absolute atomic E-state index is 0.0826. The van der Waals surface area contributed by atoms with Gasteiger partial charge in [0.2, 0.25) is 0 Å². The fourth-order valence-corrected chi connectivity index (χ4v) is 2.80. The Labute approximate surface area is 139 Å². The number of rotatable bonds is 4. The number of carbonyl (C=O) groups excluding carboxylic acids is 1. The van der Waals surface area contributed by atoms with E-state index < -0.39 is 5.60 Å². The largest absolute Gasteiger partial charge is 0.494 e. The maximum atomic E-state index is 12.4. The molecule has 0 N–H and O–H groups in total. The van der Waals surface area contributed by atoms with Crippen LogP contribution in [-0.4, -0.2) is 29.7 Å². The predicted molar refractivity (Wildman–Crippen MR) is 92.0 cm³/mol. The van der Waals surface area contributed by atoms with Crippen LogP contribution in [0.4, 0.5) is 4.79 Å². The van der Waals surface area contributed by atoms with E-state index in [2.05, 4.69) is 6.58 Å². The topological polar surface area (TPSA) is 38.8 Å². The zero-order chi connectivity index (χ0) is 17.0. The van der Waals surface area contributed by atoms with E-state index in [-0.39, 0.29) is 12.1 Å². The highest BCUT2D eigenvalue weighted by atomic mass is 16.6. The van der Waals surface area contributed by atoms with Gasteiger partial charge in [0.1, 0.15) is 11.4 Å². The van der Waals surface area contributed by atoms with E-state index >= 15 is 0 Å². The first-order chi connectivity index (χ1) is 10.8. The molecule has 1 heterocycles. The van der Waals surface area contributed by atoms with Crippen LogP contribution in [-0.2, 0) is 9.47 Å². The Bertz CT molecular complexity index is 557. The number of amides is 1. The molecule has 23 heavy (non-hydrogen) atoms. The summed E-state index contributed by atoms with van der Waals surface area (Å²) in [7, 11) is 0. The van der Waals surface area contributed by atoms with Crippen molar-refractivity contribution in [3.8, 4) is 0 Å². The third kappa shape index (κ3) is 4.50. The van der Waals surface area contributed by atoms with E-state index in [1.807, 2.05) is 56.9 Å². The van der Waals surface area contributed by atoms with Crippen molar-refractivity contribution in [1.82, 2.24) is 4.90 Å². The summed E-state index contributed by atoms with van der Waals surface area (Å²) in [6.45, 7) is 12.9. The molecule has 1 aliphatic rings. The molecule has 0 saturated carbocycles. The van der Waals surface area contributed by atoms with Crippen LogP contribution < -0.4 is 0 Å². The molecule has 0 aliphatic carbocycles. The van der Waals surface area contributed by atoms with Gasteiger partial charge < -0.3 is 14.4 Å². The number of hydrogen-bond acceptors (Lipinski definition) is 3. The van der Waals surface area contributed by atoms with E-state index in [0.717, 1.165) is 30.5 Å². The average molecular weight is 317 g/mol. The first kappa shape index (κ1) is 17.4. The molecule has 0 spiro atoms. The zero-order valence-electron chi connectivity index (χ0n) is 14.6. The SMILES string of the molecule is C=C(OCC)c1ccc(C2CCCN2C(=O)OC(C)(C)C)cc1. The number of likely N-dealkylation sites (tertiary alicyclic amines) is 1. The Morgan fingerprint density at radius 2 is 1.96 bits per heavy atom. The second-order valence-electron chi connectivity index (χ2n) is 6.81. The molecule has 0 radical (unpaired) electrons. The van der Waals surface area contributed by atoms with E-state index in [0.29, 0.717) is 12.4 Å². The molecule has 1 aromatic carbocycles. The van der Waals surface area contributed by atoms with E-state index in [1.165, 1.54) is 0 Å². The maximum absolute atomic E-state index is 12.4. The Morgan fingerprint density at radius 1 is 1.30 bits per heavy atom. The Hall–Kier alpha value is -1.97. The molecule has 1 fully saturated rings. The lowest BCUT2D eigenvalue weighted by Crippen LogP contribution is -2.36. The van der Waals surface area contributed by atoms with Crippen LogP contribution in [0.2, 0.25) is 0 Å².